The largest absolute Gasteiger partial charge is 0.385 e. The van der Waals surface area contributed by atoms with E-state index >= 15 is 0 Å². The highest BCUT2D eigenvalue weighted by atomic mass is 16.3. The summed E-state index contributed by atoms with van der Waals surface area (Å²) < 4.78 is 1.81. The number of aliphatic hydroxyl groups is 1. The van der Waals surface area contributed by atoms with Crippen LogP contribution in [0.4, 0.5) is 0 Å². The molecule has 0 bridgehead atoms. The van der Waals surface area contributed by atoms with Crippen molar-refractivity contribution in [2.24, 2.45) is 7.05 Å². The molecule has 0 saturated carbocycles. The predicted molar refractivity (Wildman–Crippen MR) is 58.5 cm³/mol. The Hall–Kier alpha value is -0.870. The molecule has 1 aromatic rings. The molecule has 2 N–H and O–H groups in total. The minimum Gasteiger partial charge on any atom is -0.385 e. The van der Waals surface area contributed by atoms with Gasteiger partial charge in [-0.05, 0) is 32.4 Å². The molecule has 1 aromatic heterocycles. The predicted octanol–water partition coefficient (Wildman–Crippen LogP) is 0.904. The molecule has 0 aromatic carbocycles. The van der Waals surface area contributed by atoms with Crippen molar-refractivity contribution < 1.29 is 5.11 Å². The van der Waals surface area contributed by atoms with Gasteiger partial charge in [0.05, 0.1) is 5.69 Å². The van der Waals surface area contributed by atoms with E-state index in [1.54, 1.807) is 4.68 Å². The average molecular weight is 209 g/mol. The first-order chi connectivity index (χ1) is 7.18. The summed E-state index contributed by atoms with van der Waals surface area (Å²) in [5.74, 6) is 0. The third-order valence-corrected chi connectivity index (χ3v) is 3.17. The lowest BCUT2D eigenvalue weighted by Gasteiger charge is -2.26. The lowest BCUT2D eigenvalue weighted by molar-refractivity contribution is 0.109. The second-order valence-electron chi connectivity index (χ2n) is 4.34. The number of hydrogen-bond donors (Lipinski definition) is 2. The number of hydrogen-bond acceptors (Lipinski definition) is 3. The summed E-state index contributed by atoms with van der Waals surface area (Å²) in [4.78, 5) is 0. The molecule has 84 valence electrons. The Bertz CT molecular complexity index is 309. The summed E-state index contributed by atoms with van der Waals surface area (Å²) in [6.07, 6.45) is 2.98. The van der Waals surface area contributed by atoms with E-state index in [0.29, 0.717) is 0 Å². The lowest BCUT2D eigenvalue weighted by atomic mass is 9.98. The van der Waals surface area contributed by atoms with Crippen molar-refractivity contribution in [3.63, 3.8) is 0 Å². The van der Waals surface area contributed by atoms with Gasteiger partial charge in [-0.15, -0.1) is 0 Å². The van der Waals surface area contributed by atoms with Crippen LogP contribution in [-0.4, -0.2) is 27.5 Å². The van der Waals surface area contributed by atoms with Gasteiger partial charge in [0.1, 0.15) is 6.10 Å². The quantitative estimate of drug-likeness (QED) is 0.761. The fourth-order valence-electron chi connectivity index (χ4n) is 2.09. The molecule has 1 aliphatic heterocycles. The van der Waals surface area contributed by atoms with E-state index in [0.717, 1.165) is 24.4 Å². The highest BCUT2D eigenvalue weighted by Gasteiger charge is 2.24. The fraction of sp³-hybridized carbons (Fsp3) is 0.727. The van der Waals surface area contributed by atoms with Crippen LogP contribution in [0.5, 0.6) is 0 Å². The highest BCUT2D eigenvalue weighted by molar-refractivity contribution is 5.13. The molecular weight excluding hydrogens is 190 g/mol. The second kappa shape index (κ2) is 4.33. The molecule has 2 heterocycles. The van der Waals surface area contributed by atoms with Crippen LogP contribution >= 0.6 is 0 Å². The van der Waals surface area contributed by atoms with Crippen molar-refractivity contribution in [2.45, 2.75) is 38.3 Å². The Labute approximate surface area is 90.3 Å². The van der Waals surface area contributed by atoms with Gasteiger partial charge in [0.15, 0.2) is 0 Å². The molecule has 1 fully saturated rings. The monoisotopic (exact) mass is 209 g/mol. The van der Waals surface area contributed by atoms with E-state index in [2.05, 4.69) is 10.4 Å². The van der Waals surface area contributed by atoms with Gasteiger partial charge < -0.3 is 10.4 Å². The topological polar surface area (TPSA) is 50.1 Å². The number of nitrogens with one attached hydrogen (secondary N) is 1. The van der Waals surface area contributed by atoms with Gasteiger partial charge in [-0.3, -0.25) is 4.68 Å². The number of piperidine rings is 1. The van der Waals surface area contributed by atoms with Crippen molar-refractivity contribution in [3.8, 4) is 0 Å². The molecule has 0 unspecified atom stereocenters. The van der Waals surface area contributed by atoms with Crippen LogP contribution in [0.3, 0.4) is 0 Å². The van der Waals surface area contributed by atoms with Gasteiger partial charge in [-0.1, -0.05) is 6.42 Å². The van der Waals surface area contributed by atoms with E-state index in [9.17, 15) is 5.11 Å². The fourth-order valence-corrected chi connectivity index (χ4v) is 2.09. The molecule has 15 heavy (non-hydrogen) atoms. The Balaban J connectivity index is 2.08. The van der Waals surface area contributed by atoms with E-state index in [1.807, 2.05) is 20.0 Å². The van der Waals surface area contributed by atoms with Crippen LogP contribution in [0, 0.1) is 6.92 Å². The summed E-state index contributed by atoms with van der Waals surface area (Å²) in [7, 11) is 1.90. The number of aromatic nitrogens is 2. The summed E-state index contributed by atoms with van der Waals surface area (Å²) in [6.45, 7) is 3.01. The third kappa shape index (κ3) is 2.21. The molecule has 4 nitrogen and oxygen atoms in total. The van der Waals surface area contributed by atoms with Crippen molar-refractivity contribution >= 4 is 0 Å². The third-order valence-electron chi connectivity index (χ3n) is 3.17. The molecule has 4 heteroatoms. The molecule has 0 amide bonds. The molecule has 2 atom stereocenters. The van der Waals surface area contributed by atoms with Crippen LogP contribution in [0.15, 0.2) is 6.07 Å². The van der Waals surface area contributed by atoms with Crippen LogP contribution in [0.1, 0.15) is 36.8 Å². The van der Waals surface area contributed by atoms with E-state index < -0.39 is 6.10 Å². The van der Waals surface area contributed by atoms with Crippen molar-refractivity contribution in [1.82, 2.24) is 15.1 Å². The maximum Gasteiger partial charge on any atom is 0.113 e. The maximum atomic E-state index is 10.1. The first-order valence-corrected chi connectivity index (χ1v) is 5.60. The number of rotatable bonds is 2. The number of nitrogens with zero attached hydrogens (tertiary/aromatic N) is 2. The average Bonchev–Trinajstić information content (AvgIpc) is 2.59. The summed E-state index contributed by atoms with van der Waals surface area (Å²) in [6, 6.07) is 2.13. The van der Waals surface area contributed by atoms with Crippen molar-refractivity contribution in [2.75, 3.05) is 6.54 Å². The number of aryl methyl sites for hydroxylation is 2. The van der Waals surface area contributed by atoms with E-state index in [1.165, 1.54) is 12.8 Å². The zero-order chi connectivity index (χ0) is 10.8. The minimum absolute atomic E-state index is 0.174. The summed E-state index contributed by atoms with van der Waals surface area (Å²) in [5.41, 5.74) is 1.87. The van der Waals surface area contributed by atoms with Crippen LogP contribution in [0.2, 0.25) is 0 Å². The van der Waals surface area contributed by atoms with Gasteiger partial charge in [-0.2, -0.15) is 5.10 Å². The Morgan fingerprint density at radius 2 is 2.40 bits per heavy atom. The Morgan fingerprint density at radius 1 is 1.60 bits per heavy atom. The molecule has 0 spiro atoms. The van der Waals surface area contributed by atoms with Gasteiger partial charge in [-0.25, -0.2) is 0 Å². The molecule has 0 radical (unpaired) electrons. The first kappa shape index (κ1) is 10.6. The number of aliphatic hydroxyl groups excluding tert-OH is 1. The van der Waals surface area contributed by atoms with Crippen molar-refractivity contribution in [3.05, 3.63) is 17.5 Å². The Morgan fingerprint density at radius 3 is 2.93 bits per heavy atom. The maximum absolute atomic E-state index is 10.1. The smallest absolute Gasteiger partial charge is 0.113 e. The van der Waals surface area contributed by atoms with Crippen LogP contribution in [-0.2, 0) is 7.05 Å². The van der Waals surface area contributed by atoms with E-state index in [4.69, 9.17) is 0 Å². The normalized spacial score (nSPS) is 24.1. The SMILES string of the molecule is Cc1cc([C@@H](O)[C@H]2CCCCN2)nn1C. The zero-order valence-corrected chi connectivity index (χ0v) is 9.40. The Kier molecular flexibility index (Phi) is 3.07. The highest BCUT2D eigenvalue weighted by Crippen LogP contribution is 2.22. The van der Waals surface area contributed by atoms with Gasteiger partial charge in [0.2, 0.25) is 0 Å². The van der Waals surface area contributed by atoms with Gasteiger partial charge in [0, 0.05) is 18.8 Å². The molecule has 2 rings (SSSR count). The van der Waals surface area contributed by atoms with E-state index in [-0.39, 0.29) is 6.04 Å². The van der Waals surface area contributed by atoms with Crippen LogP contribution in [0.25, 0.3) is 0 Å². The first-order valence-electron chi connectivity index (χ1n) is 5.60. The minimum atomic E-state index is -0.467. The second-order valence-corrected chi connectivity index (χ2v) is 4.34. The van der Waals surface area contributed by atoms with Gasteiger partial charge >= 0.3 is 0 Å². The summed E-state index contributed by atoms with van der Waals surface area (Å²) in [5, 5.41) is 17.8. The molecule has 1 aliphatic rings. The lowest BCUT2D eigenvalue weighted by Crippen LogP contribution is -2.38. The standard InChI is InChI=1S/C11H19N3O/c1-8-7-10(13-14(8)2)11(15)9-5-3-4-6-12-9/h7,9,11-12,15H,3-6H2,1-2H3/t9-,11+/m1/s1. The summed E-state index contributed by atoms with van der Waals surface area (Å²) >= 11 is 0. The molecule has 0 aliphatic carbocycles. The van der Waals surface area contributed by atoms with Crippen LogP contribution < -0.4 is 5.32 Å². The molecular formula is C11H19N3O. The van der Waals surface area contributed by atoms with Gasteiger partial charge in [0.25, 0.3) is 0 Å². The molecule has 1 saturated heterocycles. The zero-order valence-electron chi connectivity index (χ0n) is 9.40. The van der Waals surface area contributed by atoms with Crippen molar-refractivity contribution in [1.29, 1.82) is 0 Å².